The van der Waals surface area contributed by atoms with E-state index in [1.807, 2.05) is 0 Å². The zero-order chi connectivity index (χ0) is 12.1. The highest BCUT2D eigenvalue weighted by Gasteiger charge is 2.34. The first kappa shape index (κ1) is 12.8. The van der Waals surface area contributed by atoms with E-state index in [0.717, 1.165) is 25.7 Å². The summed E-state index contributed by atoms with van der Waals surface area (Å²) in [4.78, 5) is 12.0. The SMILES string of the molecule is O=C(NCC1(CO)CCCC1)C1CCOCC1. The van der Waals surface area contributed by atoms with Crippen molar-refractivity contribution in [3.05, 3.63) is 0 Å². The van der Waals surface area contributed by atoms with Crippen molar-refractivity contribution in [2.75, 3.05) is 26.4 Å². The second-order valence-electron chi connectivity index (χ2n) is 5.47. The lowest BCUT2D eigenvalue weighted by atomic mass is 9.87. The lowest BCUT2D eigenvalue weighted by Gasteiger charge is -2.28. The molecule has 0 aromatic rings. The number of ether oxygens (including phenoxy) is 1. The summed E-state index contributed by atoms with van der Waals surface area (Å²) in [5.41, 5.74) is -0.0408. The third kappa shape index (κ3) is 3.19. The van der Waals surface area contributed by atoms with Crippen LogP contribution in [0.1, 0.15) is 38.5 Å². The molecular weight excluding hydrogens is 218 g/mol. The minimum Gasteiger partial charge on any atom is -0.396 e. The molecule has 4 heteroatoms. The van der Waals surface area contributed by atoms with Crippen molar-refractivity contribution in [1.29, 1.82) is 0 Å². The number of rotatable bonds is 4. The molecule has 2 rings (SSSR count). The van der Waals surface area contributed by atoms with Crippen LogP contribution in [0.15, 0.2) is 0 Å². The minimum atomic E-state index is -0.0408. The van der Waals surface area contributed by atoms with Crippen LogP contribution in [-0.4, -0.2) is 37.4 Å². The molecule has 2 aliphatic rings. The van der Waals surface area contributed by atoms with Crippen LogP contribution in [-0.2, 0) is 9.53 Å². The maximum atomic E-state index is 12.0. The molecule has 0 aromatic heterocycles. The Morgan fingerprint density at radius 3 is 2.53 bits per heavy atom. The van der Waals surface area contributed by atoms with E-state index < -0.39 is 0 Å². The van der Waals surface area contributed by atoms with E-state index in [0.29, 0.717) is 19.8 Å². The molecule has 1 aliphatic heterocycles. The molecule has 1 aliphatic carbocycles. The van der Waals surface area contributed by atoms with Crippen molar-refractivity contribution in [3.63, 3.8) is 0 Å². The predicted octanol–water partition coefficient (Wildman–Crippen LogP) is 1.08. The molecule has 98 valence electrons. The number of aliphatic hydroxyl groups is 1. The van der Waals surface area contributed by atoms with Gasteiger partial charge in [-0.25, -0.2) is 0 Å². The number of nitrogens with one attached hydrogen (secondary N) is 1. The van der Waals surface area contributed by atoms with Crippen LogP contribution < -0.4 is 5.32 Å². The van der Waals surface area contributed by atoms with E-state index in [1.165, 1.54) is 12.8 Å². The topological polar surface area (TPSA) is 58.6 Å². The highest BCUT2D eigenvalue weighted by atomic mass is 16.5. The largest absolute Gasteiger partial charge is 0.396 e. The Kier molecular flexibility index (Phi) is 4.40. The molecule has 0 bridgehead atoms. The summed E-state index contributed by atoms with van der Waals surface area (Å²) in [5.74, 6) is 0.258. The summed E-state index contributed by atoms with van der Waals surface area (Å²) in [6.45, 7) is 2.23. The van der Waals surface area contributed by atoms with Gasteiger partial charge in [0, 0.05) is 31.1 Å². The van der Waals surface area contributed by atoms with Gasteiger partial charge in [0.05, 0.1) is 6.61 Å². The number of hydrogen-bond donors (Lipinski definition) is 2. The second kappa shape index (κ2) is 5.83. The Hall–Kier alpha value is -0.610. The molecule has 0 atom stereocenters. The van der Waals surface area contributed by atoms with E-state index in [1.54, 1.807) is 0 Å². The van der Waals surface area contributed by atoms with E-state index >= 15 is 0 Å². The van der Waals surface area contributed by atoms with Crippen LogP contribution in [0.3, 0.4) is 0 Å². The second-order valence-corrected chi connectivity index (χ2v) is 5.47. The highest BCUT2D eigenvalue weighted by Crippen LogP contribution is 2.37. The lowest BCUT2D eigenvalue weighted by molar-refractivity contribution is -0.128. The quantitative estimate of drug-likeness (QED) is 0.774. The van der Waals surface area contributed by atoms with Crippen molar-refractivity contribution in [3.8, 4) is 0 Å². The number of carbonyl (C=O) groups excluding carboxylic acids is 1. The lowest BCUT2D eigenvalue weighted by Crippen LogP contribution is -2.42. The molecule has 17 heavy (non-hydrogen) atoms. The van der Waals surface area contributed by atoms with Gasteiger partial charge >= 0.3 is 0 Å². The van der Waals surface area contributed by atoms with Gasteiger partial charge in [-0.05, 0) is 25.7 Å². The Balaban J connectivity index is 1.78. The minimum absolute atomic E-state index is 0.0408. The molecule has 0 aromatic carbocycles. The smallest absolute Gasteiger partial charge is 0.223 e. The van der Waals surface area contributed by atoms with Crippen LogP contribution in [0.2, 0.25) is 0 Å². The normalized spacial score (nSPS) is 24.8. The number of hydrogen-bond acceptors (Lipinski definition) is 3. The van der Waals surface area contributed by atoms with Crippen LogP contribution in [0.4, 0.5) is 0 Å². The van der Waals surface area contributed by atoms with Crippen LogP contribution in [0.5, 0.6) is 0 Å². The Morgan fingerprint density at radius 1 is 1.29 bits per heavy atom. The third-order valence-electron chi connectivity index (χ3n) is 4.23. The highest BCUT2D eigenvalue weighted by molar-refractivity contribution is 5.78. The maximum Gasteiger partial charge on any atom is 0.223 e. The molecule has 0 spiro atoms. The van der Waals surface area contributed by atoms with E-state index in [-0.39, 0.29) is 23.8 Å². The Labute approximate surface area is 103 Å². The average Bonchev–Trinajstić information content (AvgIpc) is 2.86. The molecule has 1 saturated heterocycles. The first-order valence-corrected chi connectivity index (χ1v) is 6.72. The van der Waals surface area contributed by atoms with Gasteiger partial charge < -0.3 is 15.2 Å². The predicted molar refractivity (Wildman–Crippen MR) is 64.5 cm³/mol. The van der Waals surface area contributed by atoms with Crippen LogP contribution in [0.25, 0.3) is 0 Å². The van der Waals surface area contributed by atoms with Gasteiger partial charge in [0.15, 0.2) is 0 Å². The first-order valence-electron chi connectivity index (χ1n) is 6.72. The molecule has 0 radical (unpaired) electrons. The van der Waals surface area contributed by atoms with Crippen LogP contribution >= 0.6 is 0 Å². The van der Waals surface area contributed by atoms with E-state index in [4.69, 9.17) is 4.74 Å². The van der Waals surface area contributed by atoms with Crippen molar-refractivity contribution in [1.82, 2.24) is 5.32 Å². The van der Waals surface area contributed by atoms with Crippen molar-refractivity contribution in [2.24, 2.45) is 11.3 Å². The van der Waals surface area contributed by atoms with Crippen molar-refractivity contribution < 1.29 is 14.6 Å². The van der Waals surface area contributed by atoms with Crippen molar-refractivity contribution >= 4 is 5.91 Å². The molecule has 4 nitrogen and oxygen atoms in total. The molecule has 2 fully saturated rings. The summed E-state index contributed by atoms with van der Waals surface area (Å²) in [6.07, 6.45) is 6.09. The fraction of sp³-hybridized carbons (Fsp3) is 0.923. The van der Waals surface area contributed by atoms with E-state index in [9.17, 15) is 9.90 Å². The number of aliphatic hydroxyl groups excluding tert-OH is 1. The van der Waals surface area contributed by atoms with Gasteiger partial charge in [0.1, 0.15) is 0 Å². The standard InChI is InChI=1S/C13H23NO3/c15-10-13(5-1-2-6-13)9-14-12(16)11-3-7-17-8-4-11/h11,15H,1-10H2,(H,14,16). The molecular formula is C13H23NO3. The van der Waals surface area contributed by atoms with Crippen LogP contribution in [0, 0.1) is 11.3 Å². The fourth-order valence-electron chi connectivity index (χ4n) is 2.89. The van der Waals surface area contributed by atoms with E-state index in [2.05, 4.69) is 5.32 Å². The summed E-state index contributed by atoms with van der Waals surface area (Å²) >= 11 is 0. The zero-order valence-electron chi connectivity index (χ0n) is 10.4. The Morgan fingerprint density at radius 2 is 1.94 bits per heavy atom. The van der Waals surface area contributed by atoms with Gasteiger partial charge in [0.25, 0.3) is 0 Å². The third-order valence-corrected chi connectivity index (χ3v) is 4.23. The maximum absolute atomic E-state index is 12.0. The summed E-state index contributed by atoms with van der Waals surface area (Å²) in [7, 11) is 0. The summed E-state index contributed by atoms with van der Waals surface area (Å²) in [6, 6.07) is 0. The van der Waals surface area contributed by atoms with Gasteiger partial charge in [-0.2, -0.15) is 0 Å². The van der Waals surface area contributed by atoms with Gasteiger partial charge in [-0.3, -0.25) is 4.79 Å². The summed E-state index contributed by atoms with van der Waals surface area (Å²) in [5, 5.41) is 12.5. The van der Waals surface area contributed by atoms with Gasteiger partial charge in [-0.15, -0.1) is 0 Å². The average molecular weight is 241 g/mol. The van der Waals surface area contributed by atoms with Gasteiger partial charge in [-0.1, -0.05) is 12.8 Å². The zero-order valence-corrected chi connectivity index (χ0v) is 10.4. The first-order chi connectivity index (χ1) is 8.26. The molecule has 2 N–H and O–H groups in total. The molecule has 1 amide bonds. The summed E-state index contributed by atoms with van der Waals surface area (Å²) < 4.78 is 5.25. The number of carbonyl (C=O) groups is 1. The van der Waals surface area contributed by atoms with Crippen molar-refractivity contribution in [2.45, 2.75) is 38.5 Å². The monoisotopic (exact) mass is 241 g/mol. The Bertz CT molecular complexity index is 255. The molecule has 1 heterocycles. The fourth-order valence-corrected chi connectivity index (χ4v) is 2.89. The number of amides is 1. The van der Waals surface area contributed by atoms with Gasteiger partial charge in [0.2, 0.25) is 5.91 Å². The molecule has 0 unspecified atom stereocenters. The molecule has 1 saturated carbocycles.